The van der Waals surface area contributed by atoms with Gasteiger partial charge in [-0.25, -0.2) is 4.98 Å². The summed E-state index contributed by atoms with van der Waals surface area (Å²) < 4.78 is 8.85. The molecule has 3 aromatic rings. The third-order valence-electron chi connectivity index (χ3n) is 5.76. The van der Waals surface area contributed by atoms with Gasteiger partial charge in [0.25, 0.3) is 0 Å². The number of carbonyl (C=O) groups is 1. The van der Waals surface area contributed by atoms with E-state index in [4.69, 9.17) is 9.72 Å². The zero-order valence-electron chi connectivity index (χ0n) is 15.7. The summed E-state index contributed by atoms with van der Waals surface area (Å²) in [5, 5.41) is 4.18. The van der Waals surface area contributed by atoms with Gasteiger partial charge in [-0.05, 0) is 49.8 Å². The van der Waals surface area contributed by atoms with Crippen molar-refractivity contribution < 1.29 is 9.53 Å². The first-order valence-electron chi connectivity index (χ1n) is 9.98. The molecule has 1 saturated heterocycles. The fourth-order valence-electron chi connectivity index (χ4n) is 4.01. The lowest BCUT2D eigenvalue weighted by atomic mass is 10.00. The van der Waals surface area contributed by atoms with Crippen LogP contribution in [0.4, 0.5) is 0 Å². The van der Waals surface area contributed by atoms with Crippen LogP contribution in [0.2, 0.25) is 0 Å². The van der Waals surface area contributed by atoms with Gasteiger partial charge in [0.2, 0.25) is 5.91 Å². The van der Waals surface area contributed by atoms with Crippen LogP contribution in [0, 0.1) is 11.8 Å². The summed E-state index contributed by atoms with van der Waals surface area (Å²) in [6.07, 6.45) is 5.97. The number of rotatable bonds is 5. The Bertz CT molecular complexity index is 1040. The van der Waals surface area contributed by atoms with Crippen molar-refractivity contribution in [2.24, 2.45) is 11.8 Å². The largest absolute Gasteiger partial charge is 0.381 e. The first kappa shape index (κ1) is 18.1. The van der Waals surface area contributed by atoms with Crippen LogP contribution in [0.25, 0.3) is 21.9 Å². The van der Waals surface area contributed by atoms with E-state index in [0.717, 1.165) is 77.7 Å². The maximum atomic E-state index is 12.2. The zero-order valence-corrected chi connectivity index (χ0v) is 17.2. The topological polar surface area (TPSA) is 69.0 Å². The number of benzene rings is 1. The highest BCUT2D eigenvalue weighted by atomic mass is 79.9. The minimum Gasteiger partial charge on any atom is -0.381 e. The first-order chi connectivity index (χ1) is 13.7. The third kappa shape index (κ3) is 3.53. The van der Waals surface area contributed by atoms with Gasteiger partial charge in [0, 0.05) is 35.5 Å². The van der Waals surface area contributed by atoms with Crippen molar-refractivity contribution >= 4 is 43.8 Å². The van der Waals surface area contributed by atoms with Gasteiger partial charge in [0.15, 0.2) is 0 Å². The van der Waals surface area contributed by atoms with E-state index in [1.165, 1.54) is 0 Å². The summed E-state index contributed by atoms with van der Waals surface area (Å²) in [6.45, 7) is 3.00. The Morgan fingerprint density at radius 3 is 2.82 bits per heavy atom. The molecule has 5 rings (SSSR count). The third-order valence-corrected chi connectivity index (χ3v) is 6.26. The van der Waals surface area contributed by atoms with Crippen molar-refractivity contribution in [3.63, 3.8) is 0 Å². The molecule has 0 atom stereocenters. The van der Waals surface area contributed by atoms with E-state index in [1.807, 2.05) is 18.3 Å². The minimum atomic E-state index is 0.150. The molecule has 146 valence electrons. The number of carbonyl (C=O) groups excluding carboxylic acids is 1. The Balaban J connectivity index is 1.56. The van der Waals surface area contributed by atoms with Crippen LogP contribution in [-0.2, 0) is 22.6 Å². The van der Waals surface area contributed by atoms with Gasteiger partial charge in [-0.2, -0.15) is 0 Å². The van der Waals surface area contributed by atoms with E-state index in [9.17, 15) is 4.79 Å². The van der Waals surface area contributed by atoms with Crippen molar-refractivity contribution in [2.45, 2.75) is 38.8 Å². The molecule has 2 aromatic heterocycles. The van der Waals surface area contributed by atoms with Gasteiger partial charge in [0.05, 0.1) is 23.8 Å². The number of aromatic nitrogens is 3. The summed E-state index contributed by atoms with van der Waals surface area (Å²) in [5.41, 5.74) is 2.95. The van der Waals surface area contributed by atoms with Crippen LogP contribution < -0.4 is 5.32 Å². The molecule has 1 aromatic carbocycles. The molecule has 1 aliphatic heterocycles. The van der Waals surface area contributed by atoms with Crippen molar-refractivity contribution in [3.8, 4) is 0 Å². The second kappa shape index (κ2) is 7.44. The van der Waals surface area contributed by atoms with Crippen LogP contribution in [0.15, 0.2) is 28.9 Å². The monoisotopic (exact) mass is 442 g/mol. The van der Waals surface area contributed by atoms with Crippen molar-refractivity contribution in [2.75, 3.05) is 13.2 Å². The molecule has 1 N–H and O–H groups in total. The maximum Gasteiger partial charge on any atom is 0.223 e. The van der Waals surface area contributed by atoms with Crippen LogP contribution in [-0.4, -0.2) is 33.7 Å². The van der Waals surface area contributed by atoms with Crippen LogP contribution >= 0.6 is 15.9 Å². The molecule has 1 aliphatic carbocycles. The predicted octanol–water partition coefficient (Wildman–Crippen LogP) is 3.80. The van der Waals surface area contributed by atoms with E-state index in [0.29, 0.717) is 12.5 Å². The molecular formula is C21H23BrN4O2. The quantitative estimate of drug-likeness (QED) is 0.652. The van der Waals surface area contributed by atoms with Crippen LogP contribution in [0.1, 0.15) is 31.5 Å². The normalized spacial score (nSPS) is 18.0. The number of hydrogen-bond donors (Lipinski definition) is 1. The van der Waals surface area contributed by atoms with Gasteiger partial charge in [-0.1, -0.05) is 15.9 Å². The number of fused-ring (bicyclic) bond motifs is 3. The molecule has 1 amide bonds. The fourth-order valence-corrected chi connectivity index (χ4v) is 4.36. The van der Waals surface area contributed by atoms with Crippen molar-refractivity contribution in [1.82, 2.24) is 19.9 Å². The highest BCUT2D eigenvalue weighted by molar-refractivity contribution is 9.10. The standard InChI is InChI=1S/C21H23BrN4O2/c22-15-3-4-16-17(9-15)23-10-18-20(16)26(12-13-5-7-28-8-6-13)19(25-18)11-24-21(27)14-1-2-14/h3-4,9-10,13-14H,1-2,5-8,11-12H2,(H,24,27). The van der Waals surface area contributed by atoms with E-state index < -0.39 is 0 Å². The molecule has 2 aliphatic rings. The van der Waals surface area contributed by atoms with Gasteiger partial charge in [-0.3, -0.25) is 9.78 Å². The molecule has 6 nitrogen and oxygen atoms in total. The van der Waals surface area contributed by atoms with Gasteiger partial charge >= 0.3 is 0 Å². The van der Waals surface area contributed by atoms with Gasteiger partial charge in [0.1, 0.15) is 11.3 Å². The fraction of sp³-hybridized carbons (Fsp3) is 0.476. The molecule has 1 saturated carbocycles. The summed E-state index contributed by atoms with van der Waals surface area (Å²) in [6, 6.07) is 6.18. The minimum absolute atomic E-state index is 0.150. The number of hydrogen-bond acceptors (Lipinski definition) is 4. The number of amides is 1. The van der Waals surface area contributed by atoms with E-state index in [-0.39, 0.29) is 11.8 Å². The maximum absolute atomic E-state index is 12.2. The Morgan fingerprint density at radius 1 is 1.21 bits per heavy atom. The molecule has 0 bridgehead atoms. The first-order valence-corrected chi connectivity index (χ1v) is 10.8. The highest BCUT2D eigenvalue weighted by Gasteiger charge is 2.29. The van der Waals surface area contributed by atoms with Crippen LogP contribution in [0.5, 0.6) is 0 Å². The molecule has 7 heteroatoms. The SMILES string of the molecule is O=C(NCc1nc2cnc3cc(Br)ccc3c2n1CC1CCOCC1)C1CC1. The van der Waals surface area contributed by atoms with E-state index in [1.54, 1.807) is 0 Å². The molecule has 0 unspecified atom stereocenters. The predicted molar refractivity (Wildman–Crippen MR) is 111 cm³/mol. The molecular weight excluding hydrogens is 420 g/mol. The lowest BCUT2D eigenvalue weighted by Crippen LogP contribution is -2.27. The van der Waals surface area contributed by atoms with Gasteiger partial charge < -0.3 is 14.6 Å². The van der Waals surface area contributed by atoms with Crippen molar-refractivity contribution in [1.29, 1.82) is 0 Å². The smallest absolute Gasteiger partial charge is 0.223 e. The number of nitrogens with one attached hydrogen (secondary N) is 1. The average molecular weight is 443 g/mol. The number of nitrogens with zero attached hydrogens (tertiary/aromatic N) is 3. The summed E-state index contributed by atoms with van der Waals surface area (Å²) >= 11 is 3.54. The molecule has 28 heavy (non-hydrogen) atoms. The van der Waals surface area contributed by atoms with Gasteiger partial charge in [-0.15, -0.1) is 0 Å². The Kier molecular flexibility index (Phi) is 4.80. The van der Waals surface area contributed by atoms with E-state index in [2.05, 4.69) is 36.9 Å². The van der Waals surface area contributed by atoms with Crippen molar-refractivity contribution in [3.05, 3.63) is 34.7 Å². The molecule has 0 spiro atoms. The van der Waals surface area contributed by atoms with E-state index >= 15 is 0 Å². The number of pyridine rings is 1. The Labute approximate surface area is 171 Å². The molecule has 0 radical (unpaired) electrons. The Hall–Kier alpha value is -1.99. The van der Waals surface area contributed by atoms with Crippen LogP contribution in [0.3, 0.4) is 0 Å². The zero-order chi connectivity index (χ0) is 19.1. The number of ether oxygens (including phenoxy) is 1. The number of halogens is 1. The molecule has 3 heterocycles. The second-order valence-corrected chi connectivity index (χ2v) is 8.76. The second-order valence-electron chi connectivity index (χ2n) is 7.84. The molecule has 2 fully saturated rings. The highest BCUT2D eigenvalue weighted by Crippen LogP contribution is 2.30. The average Bonchev–Trinajstić information content (AvgIpc) is 3.50. The Morgan fingerprint density at radius 2 is 2.04 bits per heavy atom. The summed E-state index contributed by atoms with van der Waals surface area (Å²) in [4.78, 5) is 21.6. The lowest BCUT2D eigenvalue weighted by molar-refractivity contribution is -0.122. The summed E-state index contributed by atoms with van der Waals surface area (Å²) in [7, 11) is 0. The summed E-state index contributed by atoms with van der Waals surface area (Å²) in [5.74, 6) is 1.82. The lowest BCUT2D eigenvalue weighted by Gasteiger charge is -2.24. The number of imidazole rings is 1.